The molecule has 1 atom stereocenters. The second-order valence-electron chi connectivity index (χ2n) is 7.63. The number of alkyl halides is 3. The summed E-state index contributed by atoms with van der Waals surface area (Å²) >= 11 is 0. The van der Waals surface area contributed by atoms with E-state index in [1.165, 1.54) is 10.4 Å². The Kier molecular flexibility index (Phi) is 5.09. The van der Waals surface area contributed by atoms with Crippen molar-refractivity contribution >= 4 is 15.7 Å². The minimum atomic E-state index is -4.60. The predicted octanol–water partition coefficient (Wildman–Crippen LogP) is 3.93. The van der Waals surface area contributed by atoms with Crippen LogP contribution >= 0.6 is 0 Å². The molecule has 30 heavy (non-hydrogen) atoms. The molecule has 10 heteroatoms. The van der Waals surface area contributed by atoms with E-state index < -0.39 is 27.8 Å². The van der Waals surface area contributed by atoms with Gasteiger partial charge in [-0.05, 0) is 44.9 Å². The third-order valence-corrected chi connectivity index (χ3v) is 7.20. The summed E-state index contributed by atoms with van der Waals surface area (Å²) in [6.07, 6.45) is -3.49. The molecule has 1 fully saturated rings. The van der Waals surface area contributed by atoms with Crippen LogP contribution in [0.3, 0.4) is 0 Å². The third-order valence-electron chi connectivity index (χ3n) is 5.32. The van der Waals surface area contributed by atoms with Gasteiger partial charge < -0.3 is 0 Å². The summed E-state index contributed by atoms with van der Waals surface area (Å²) in [6.45, 7) is 3.88. The Morgan fingerprint density at radius 1 is 1.10 bits per heavy atom. The summed E-state index contributed by atoms with van der Waals surface area (Å²) in [5.41, 5.74) is 0.805. The molecule has 4 rings (SSSR count). The first-order valence-electron chi connectivity index (χ1n) is 9.57. The lowest BCUT2D eigenvalue weighted by atomic mass is 9.95. The van der Waals surface area contributed by atoms with Crippen LogP contribution in [0.1, 0.15) is 41.4 Å². The van der Waals surface area contributed by atoms with Gasteiger partial charge in [0.15, 0.2) is 5.65 Å². The monoisotopic (exact) mass is 438 g/mol. The van der Waals surface area contributed by atoms with Gasteiger partial charge in [-0.25, -0.2) is 17.9 Å². The first kappa shape index (κ1) is 20.8. The maximum atomic E-state index is 13.6. The van der Waals surface area contributed by atoms with Gasteiger partial charge in [-0.1, -0.05) is 17.7 Å². The van der Waals surface area contributed by atoms with E-state index in [-0.39, 0.29) is 22.8 Å². The van der Waals surface area contributed by atoms with Crippen molar-refractivity contribution in [3.05, 3.63) is 59.0 Å². The number of aryl methyl sites for hydroxylation is 2. The zero-order valence-electron chi connectivity index (χ0n) is 16.5. The fourth-order valence-corrected chi connectivity index (χ4v) is 5.30. The minimum Gasteiger partial charge on any atom is -0.233 e. The van der Waals surface area contributed by atoms with Gasteiger partial charge in [0.2, 0.25) is 10.0 Å². The van der Waals surface area contributed by atoms with E-state index in [2.05, 4.69) is 10.1 Å². The van der Waals surface area contributed by atoms with Gasteiger partial charge >= 0.3 is 6.18 Å². The van der Waals surface area contributed by atoms with Crippen molar-refractivity contribution in [2.45, 2.75) is 43.7 Å². The van der Waals surface area contributed by atoms with Gasteiger partial charge in [0.05, 0.1) is 10.6 Å². The molecule has 1 aliphatic rings. The molecule has 160 valence electrons. The van der Waals surface area contributed by atoms with Crippen LogP contribution in [0.15, 0.2) is 41.3 Å². The average molecular weight is 438 g/mol. The number of halogens is 3. The number of piperidine rings is 1. The Morgan fingerprint density at radius 2 is 1.80 bits per heavy atom. The molecule has 6 nitrogen and oxygen atoms in total. The summed E-state index contributed by atoms with van der Waals surface area (Å²) in [5.74, 6) is -0.430. The summed E-state index contributed by atoms with van der Waals surface area (Å²) in [5, 5.41) is 3.89. The van der Waals surface area contributed by atoms with Crippen molar-refractivity contribution in [1.82, 2.24) is 18.9 Å². The minimum absolute atomic E-state index is 0.0871. The number of aromatic nitrogens is 3. The molecule has 0 saturated carbocycles. The molecular formula is C20H21F3N4O2S. The molecular weight excluding hydrogens is 417 g/mol. The normalized spacial score (nSPS) is 18.8. The van der Waals surface area contributed by atoms with E-state index in [0.29, 0.717) is 25.1 Å². The van der Waals surface area contributed by atoms with Crippen molar-refractivity contribution in [2.24, 2.45) is 0 Å². The molecule has 1 aromatic carbocycles. The summed E-state index contributed by atoms with van der Waals surface area (Å²) < 4.78 is 69.0. The smallest absolute Gasteiger partial charge is 0.233 e. The van der Waals surface area contributed by atoms with E-state index in [1.54, 1.807) is 31.2 Å². The zero-order valence-corrected chi connectivity index (χ0v) is 17.3. The highest BCUT2D eigenvalue weighted by atomic mass is 32.2. The van der Waals surface area contributed by atoms with E-state index in [0.717, 1.165) is 16.1 Å². The number of benzene rings is 1. The Morgan fingerprint density at radius 3 is 2.47 bits per heavy atom. The lowest BCUT2D eigenvalue weighted by Gasteiger charge is -2.32. The fourth-order valence-electron chi connectivity index (χ4n) is 3.78. The number of rotatable bonds is 3. The van der Waals surface area contributed by atoms with Gasteiger partial charge in [-0.2, -0.15) is 22.6 Å². The summed E-state index contributed by atoms with van der Waals surface area (Å²) in [6, 6.07) is 9.03. The number of hydrogen-bond acceptors (Lipinski definition) is 4. The highest BCUT2D eigenvalue weighted by Crippen LogP contribution is 2.34. The molecule has 0 unspecified atom stereocenters. The molecule has 0 N–H and O–H groups in total. The summed E-state index contributed by atoms with van der Waals surface area (Å²) in [4.78, 5) is 4.55. The molecule has 0 radical (unpaired) electrons. The van der Waals surface area contributed by atoms with Gasteiger partial charge in [-0.3, -0.25) is 0 Å². The Bertz CT molecular complexity index is 1190. The van der Waals surface area contributed by atoms with E-state index >= 15 is 0 Å². The maximum Gasteiger partial charge on any atom is 0.433 e. The second-order valence-corrected chi connectivity index (χ2v) is 9.57. The standard InChI is InChI=1S/C20H21F3N4O2S/c1-13-5-7-16(8-6-13)30(28,29)26-9-3-4-15(12-26)17-11-18(20(21,22)23)27-19(24-17)10-14(2)25-27/h5-8,10-11,15H,3-4,9,12H2,1-2H3/t15-/m1/s1. The van der Waals surface area contributed by atoms with Crippen LogP contribution in [0.25, 0.3) is 5.65 Å². The average Bonchev–Trinajstić information content (AvgIpc) is 3.06. The molecule has 0 amide bonds. The van der Waals surface area contributed by atoms with E-state index in [4.69, 9.17) is 0 Å². The summed E-state index contributed by atoms with van der Waals surface area (Å²) in [7, 11) is -3.73. The Hall–Kier alpha value is -2.46. The van der Waals surface area contributed by atoms with Crippen LogP contribution < -0.4 is 0 Å². The molecule has 2 aromatic heterocycles. The molecule has 0 bridgehead atoms. The van der Waals surface area contributed by atoms with Gasteiger partial charge in [0, 0.05) is 30.8 Å². The lowest BCUT2D eigenvalue weighted by molar-refractivity contribution is -0.142. The second kappa shape index (κ2) is 7.35. The van der Waals surface area contributed by atoms with Crippen LogP contribution in [0.2, 0.25) is 0 Å². The highest BCUT2D eigenvalue weighted by Gasteiger charge is 2.37. The highest BCUT2D eigenvalue weighted by molar-refractivity contribution is 7.89. The largest absolute Gasteiger partial charge is 0.433 e. The molecule has 1 aliphatic heterocycles. The van der Waals surface area contributed by atoms with E-state index in [9.17, 15) is 21.6 Å². The molecule has 3 heterocycles. The number of nitrogens with zero attached hydrogens (tertiary/aromatic N) is 4. The lowest BCUT2D eigenvalue weighted by Crippen LogP contribution is -2.39. The SMILES string of the molecule is Cc1ccc(S(=O)(=O)N2CCC[C@@H](c3cc(C(F)(F)F)n4nc(C)cc4n3)C2)cc1. The number of fused-ring (bicyclic) bond motifs is 1. The van der Waals surface area contributed by atoms with Gasteiger partial charge in [0.25, 0.3) is 0 Å². The van der Waals surface area contributed by atoms with Crippen molar-refractivity contribution < 1.29 is 21.6 Å². The Labute approximate surface area is 172 Å². The zero-order chi connectivity index (χ0) is 21.7. The van der Waals surface area contributed by atoms with Crippen LogP contribution in [-0.4, -0.2) is 40.4 Å². The van der Waals surface area contributed by atoms with Crippen molar-refractivity contribution in [3.8, 4) is 0 Å². The first-order valence-corrected chi connectivity index (χ1v) is 11.0. The molecule has 0 spiro atoms. The molecule has 0 aliphatic carbocycles. The third kappa shape index (κ3) is 3.81. The molecule has 1 saturated heterocycles. The predicted molar refractivity (Wildman–Crippen MR) is 105 cm³/mol. The van der Waals surface area contributed by atoms with Gasteiger partial charge in [-0.15, -0.1) is 0 Å². The van der Waals surface area contributed by atoms with Crippen LogP contribution in [0, 0.1) is 13.8 Å². The van der Waals surface area contributed by atoms with Crippen LogP contribution in [0.4, 0.5) is 13.2 Å². The fraction of sp³-hybridized carbons (Fsp3) is 0.400. The molecule has 3 aromatic rings. The Balaban J connectivity index is 1.70. The number of sulfonamides is 1. The maximum absolute atomic E-state index is 13.6. The van der Waals surface area contributed by atoms with Crippen molar-refractivity contribution in [1.29, 1.82) is 0 Å². The number of hydrogen-bond donors (Lipinski definition) is 0. The van der Waals surface area contributed by atoms with Crippen molar-refractivity contribution in [3.63, 3.8) is 0 Å². The first-order chi connectivity index (χ1) is 14.1. The van der Waals surface area contributed by atoms with Gasteiger partial charge in [0.1, 0.15) is 5.69 Å². The topological polar surface area (TPSA) is 67.6 Å². The van der Waals surface area contributed by atoms with Crippen molar-refractivity contribution in [2.75, 3.05) is 13.1 Å². The van der Waals surface area contributed by atoms with E-state index in [1.807, 2.05) is 6.92 Å². The van der Waals surface area contributed by atoms with Crippen LogP contribution in [0.5, 0.6) is 0 Å². The quantitative estimate of drug-likeness (QED) is 0.621. The van der Waals surface area contributed by atoms with Crippen LogP contribution in [-0.2, 0) is 16.2 Å².